The summed E-state index contributed by atoms with van der Waals surface area (Å²) in [6.45, 7) is 15.4. The van der Waals surface area contributed by atoms with Crippen LogP contribution in [0.1, 0.15) is 40.5 Å². The van der Waals surface area contributed by atoms with E-state index in [2.05, 4.69) is 6.92 Å². The number of hydrogen-bond acceptors (Lipinski definition) is 3. The monoisotopic (exact) mass is 377 g/mol. The van der Waals surface area contributed by atoms with Crippen molar-refractivity contribution in [3.8, 4) is 0 Å². The van der Waals surface area contributed by atoms with Crippen LogP contribution in [0.4, 0.5) is 17.3 Å². The molecule has 0 atom stereocenters. The van der Waals surface area contributed by atoms with Gasteiger partial charge in [-0.25, -0.2) is 0 Å². The van der Waals surface area contributed by atoms with E-state index in [1.54, 1.807) is 0 Å². The van der Waals surface area contributed by atoms with E-state index in [0.29, 0.717) is 19.8 Å². The Morgan fingerprint density at radius 1 is 0.833 bits per heavy atom. The first kappa shape index (κ1) is 23.8. The Kier molecular flexibility index (Phi) is 11.4. The molecule has 1 fully saturated rings. The SMILES string of the molecule is CCO[Si](CC[N+]1(CC)CCCC1)(OCC)OCC.F[B-](F)(F)F. The van der Waals surface area contributed by atoms with E-state index < -0.39 is 16.1 Å². The maximum absolute atomic E-state index is 9.75. The molecular formula is C14H32BF4NO3Si. The lowest BCUT2D eigenvalue weighted by Crippen LogP contribution is -2.53. The summed E-state index contributed by atoms with van der Waals surface area (Å²) in [5.41, 5.74) is 0. The molecule has 24 heavy (non-hydrogen) atoms. The van der Waals surface area contributed by atoms with Crippen LogP contribution in [-0.2, 0) is 13.3 Å². The predicted molar refractivity (Wildman–Crippen MR) is 90.3 cm³/mol. The van der Waals surface area contributed by atoms with Crippen molar-refractivity contribution in [1.82, 2.24) is 0 Å². The Bertz CT molecular complexity index is 309. The van der Waals surface area contributed by atoms with Crippen molar-refractivity contribution in [2.75, 3.05) is 46.0 Å². The fourth-order valence-corrected chi connectivity index (χ4v) is 5.83. The smallest absolute Gasteiger partial charge is 0.418 e. The molecule has 4 nitrogen and oxygen atoms in total. The van der Waals surface area contributed by atoms with Gasteiger partial charge in [-0.1, -0.05) is 0 Å². The third-order valence-corrected chi connectivity index (χ3v) is 7.19. The molecule has 0 unspecified atom stereocenters. The summed E-state index contributed by atoms with van der Waals surface area (Å²) in [6.07, 6.45) is 2.72. The molecule has 0 spiro atoms. The second-order valence-electron chi connectivity index (χ2n) is 5.76. The van der Waals surface area contributed by atoms with Gasteiger partial charge >= 0.3 is 16.1 Å². The van der Waals surface area contributed by atoms with Gasteiger partial charge in [0.05, 0.1) is 32.2 Å². The van der Waals surface area contributed by atoms with Crippen molar-refractivity contribution in [2.45, 2.75) is 46.6 Å². The summed E-state index contributed by atoms with van der Waals surface area (Å²) >= 11 is 0. The molecule has 0 aromatic rings. The van der Waals surface area contributed by atoms with Crippen molar-refractivity contribution < 1.29 is 35.0 Å². The molecule has 146 valence electrons. The molecule has 10 heteroatoms. The zero-order valence-electron chi connectivity index (χ0n) is 15.3. The molecule has 0 radical (unpaired) electrons. The number of quaternary nitrogens is 1. The highest BCUT2D eigenvalue weighted by atomic mass is 28.4. The van der Waals surface area contributed by atoms with Crippen LogP contribution in [0.2, 0.25) is 6.04 Å². The van der Waals surface area contributed by atoms with Crippen molar-refractivity contribution >= 4 is 16.1 Å². The molecule has 0 amide bonds. The topological polar surface area (TPSA) is 27.7 Å². The number of halogens is 4. The minimum absolute atomic E-state index is 0.679. The van der Waals surface area contributed by atoms with E-state index in [1.807, 2.05) is 20.8 Å². The van der Waals surface area contributed by atoms with Crippen molar-refractivity contribution in [3.05, 3.63) is 0 Å². The van der Waals surface area contributed by atoms with Crippen molar-refractivity contribution in [2.24, 2.45) is 0 Å². The number of rotatable bonds is 10. The van der Waals surface area contributed by atoms with E-state index in [0.717, 1.165) is 12.6 Å². The first-order chi connectivity index (χ1) is 11.2. The summed E-state index contributed by atoms with van der Waals surface area (Å²) in [5, 5.41) is 0. The number of nitrogens with zero attached hydrogens (tertiary/aromatic N) is 1. The molecule has 1 heterocycles. The molecule has 0 saturated carbocycles. The highest BCUT2D eigenvalue weighted by Gasteiger charge is 2.44. The van der Waals surface area contributed by atoms with Crippen LogP contribution in [0.3, 0.4) is 0 Å². The van der Waals surface area contributed by atoms with Gasteiger partial charge in [-0.2, -0.15) is 0 Å². The Labute approximate surface area is 144 Å². The van der Waals surface area contributed by atoms with Crippen LogP contribution in [0, 0.1) is 0 Å². The Morgan fingerprint density at radius 2 is 1.21 bits per heavy atom. The Hall–Kier alpha value is -0.158. The molecule has 0 aromatic carbocycles. The van der Waals surface area contributed by atoms with E-state index in [1.165, 1.54) is 37.0 Å². The number of likely N-dealkylation sites (tertiary alicyclic amines) is 1. The highest BCUT2D eigenvalue weighted by Crippen LogP contribution is 2.24. The molecule has 1 aliphatic rings. The molecule has 0 N–H and O–H groups in total. The van der Waals surface area contributed by atoms with Crippen LogP contribution in [0.15, 0.2) is 0 Å². The van der Waals surface area contributed by atoms with Crippen LogP contribution in [0.25, 0.3) is 0 Å². The van der Waals surface area contributed by atoms with Crippen molar-refractivity contribution in [1.29, 1.82) is 0 Å². The molecular weight excluding hydrogens is 345 g/mol. The van der Waals surface area contributed by atoms with Crippen LogP contribution < -0.4 is 0 Å². The average molecular weight is 377 g/mol. The van der Waals surface area contributed by atoms with Gasteiger partial charge in [-0.3, -0.25) is 0 Å². The lowest BCUT2D eigenvalue weighted by atomic mass is 10.3. The molecule has 1 rings (SSSR count). The molecule has 1 saturated heterocycles. The van der Waals surface area contributed by atoms with E-state index in [-0.39, 0.29) is 0 Å². The average Bonchev–Trinajstić information content (AvgIpc) is 2.94. The molecule has 0 bridgehead atoms. The second kappa shape index (κ2) is 11.5. The van der Waals surface area contributed by atoms with Crippen molar-refractivity contribution in [3.63, 3.8) is 0 Å². The van der Waals surface area contributed by atoms with E-state index in [4.69, 9.17) is 13.3 Å². The lowest BCUT2D eigenvalue weighted by molar-refractivity contribution is -0.913. The fourth-order valence-electron chi connectivity index (χ4n) is 3.08. The van der Waals surface area contributed by atoms with Gasteiger partial charge in [-0.15, -0.1) is 0 Å². The maximum atomic E-state index is 9.75. The second-order valence-corrected chi connectivity index (χ2v) is 8.49. The largest absolute Gasteiger partial charge is 0.673 e. The van der Waals surface area contributed by atoms with Gasteiger partial charge in [0.15, 0.2) is 0 Å². The number of hydrogen-bond donors (Lipinski definition) is 0. The van der Waals surface area contributed by atoms with Crippen LogP contribution in [-0.4, -0.2) is 66.5 Å². The third-order valence-electron chi connectivity index (χ3n) is 4.17. The predicted octanol–water partition coefficient (Wildman–Crippen LogP) is 3.97. The van der Waals surface area contributed by atoms with Gasteiger partial charge in [0.25, 0.3) is 0 Å². The van der Waals surface area contributed by atoms with Gasteiger partial charge in [-0.05, 0) is 27.7 Å². The third kappa shape index (κ3) is 9.97. The first-order valence-electron chi connectivity index (χ1n) is 8.80. The summed E-state index contributed by atoms with van der Waals surface area (Å²) in [7, 11) is -8.44. The summed E-state index contributed by atoms with van der Waals surface area (Å²) < 4.78 is 58.1. The summed E-state index contributed by atoms with van der Waals surface area (Å²) in [6, 6.07) is 0.955. The maximum Gasteiger partial charge on any atom is 0.673 e. The minimum atomic E-state index is -6.00. The summed E-state index contributed by atoms with van der Waals surface area (Å²) in [4.78, 5) is 0. The molecule has 0 aliphatic carbocycles. The van der Waals surface area contributed by atoms with E-state index >= 15 is 0 Å². The quantitative estimate of drug-likeness (QED) is 0.328. The lowest BCUT2D eigenvalue weighted by Gasteiger charge is -2.36. The Balaban J connectivity index is 0.000000922. The zero-order valence-corrected chi connectivity index (χ0v) is 16.3. The normalized spacial score (nSPS) is 17.5. The first-order valence-corrected chi connectivity index (χ1v) is 10.7. The van der Waals surface area contributed by atoms with E-state index in [9.17, 15) is 17.3 Å². The minimum Gasteiger partial charge on any atom is -0.418 e. The van der Waals surface area contributed by atoms with Crippen LogP contribution >= 0.6 is 0 Å². The highest BCUT2D eigenvalue weighted by molar-refractivity contribution is 6.60. The molecule has 1 aliphatic heterocycles. The van der Waals surface area contributed by atoms with Crippen LogP contribution in [0.5, 0.6) is 0 Å². The summed E-state index contributed by atoms with van der Waals surface area (Å²) in [5.74, 6) is 0. The van der Waals surface area contributed by atoms with Gasteiger partial charge in [0, 0.05) is 32.7 Å². The van der Waals surface area contributed by atoms with Gasteiger partial charge < -0.3 is 35.0 Å². The fraction of sp³-hybridized carbons (Fsp3) is 1.00. The standard InChI is InChI=1S/C14H32NO3Si.BF4/c1-5-15(11-9-10-12-15)13-14-19(16-6-2,17-7-3)18-8-4;2-1(3,4)5/h5-14H2,1-4H3;/q+1;-1. The molecule has 0 aromatic heterocycles. The van der Waals surface area contributed by atoms with Gasteiger partial charge in [0.2, 0.25) is 0 Å². The van der Waals surface area contributed by atoms with Gasteiger partial charge in [0.1, 0.15) is 0 Å². The zero-order chi connectivity index (χ0) is 18.7. The Morgan fingerprint density at radius 3 is 1.50 bits per heavy atom.